The van der Waals surface area contributed by atoms with Crippen molar-refractivity contribution in [3.8, 4) is 11.3 Å². The summed E-state index contributed by atoms with van der Waals surface area (Å²) in [6.07, 6.45) is 1.69. The van der Waals surface area contributed by atoms with Crippen LogP contribution in [-0.2, 0) is 16.1 Å². The molecule has 0 radical (unpaired) electrons. The molecule has 1 fully saturated rings. The van der Waals surface area contributed by atoms with Crippen molar-refractivity contribution in [3.63, 3.8) is 0 Å². The van der Waals surface area contributed by atoms with Crippen molar-refractivity contribution >= 4 is 23.6 Å². The monoisotopic (exact) mass is 517 g/mol. The minimum Gasteiger partial charge on any atom is -0.450 e. The molecule has 198 valence electrons. The summed E-state index contributed by atoms with van der Waals surface area (Å²) in [6, 6.07) is 17.2. The standard InChI is InChI=1S/C28H31N5O5/c1-2-38-28(37)30-23-7-3-6-20(18-23)19-33-26(35)14-13-24(31-33)21-9-11-22(12-10-21)27(36)29-15-5-17-32-16-4-8-25(32)34/h3,6-7,9-14,18H,2,4-5,8,15-17,19H2,1H3,(H,29,36)(H,30,37). The second-order valence-electron chi connectivity index (χ2n) is 8.93. The fourth-order valence-electron chi connectivity index (χ4n) is 4.23. The molecular formula is C28H31N5O5. The Morgan fingerprint density at radius 1 is 1.05 bits per heavy atom. The largest absolute Gasteiger partial charge is 0.450 e. The molecular weight excluding hydrogens is 486 g/mol. The van der Waals surface area contributed by atoms with Gasteiger partial charge in [-0.1, -0.05) is 24.3 Å². The van der Waals surface area contributed by atoms with Crippen molar-refractivity contribution < 1.29 is 19.1 Å². The normalized spacial score (nSPS) is 12.9. The summed E-state index contributed by atoms with van der Waals surface area (Å²) in [5.41, 5.74) is 2.96. The maximum atomic E-state index is 12.5. The van der Waals surface area contributed by atoms with Gasteiger partial charge in [-0.3, -0.25) is 19.7 Å². The highest BCUT2D eigenvalue weighted by Gasteiger charge is 2.19. The van der Waals surface area contributed by atoms with E-state index in [1.54, 1.807) is 55.5 Å². The minimum atomic E-state index is -0.544. The van der Waals surface area contributed by atoms with E-state index in [9.17, 15) is 19.2 Å². The molecule has 2 aromatic carbocycles. The Bertz CT molecular complexity index is 1350. The molecule has 10 heteroatoms. The zero-order valence-corrected chi connectivity index (χ0v) is 21.3. The van der Waals surface area contributed by atoms with Crippen molar-refractivity contribution in [1.29, 1.82) is 0 Å². The molecule has 0 aliphatic carbocycles. The van der Waals surface area contributed by atoms with E-state index >= 15 is 0 Å². The molecule has 0 saturated carbocycles. The van der Waals surface area contributed by atoms with Gasteiger partial charge in [0.25, 0.3) is 11.5 Å². The number of amides is 3. The number of nitrogens with zero attached hydrogens (tertiary/aromatic N) is 3. The lowest BCUT2D eigenvalue weighted by Crippen LogP contribution is -2.30. The van der Waals surface area contributed by atoms with E-state index in [-0.39, 0.29) is 30.5 Å². The van der Waals surface area contributed by atoms with Crippen LogP contribution in [0, 0.1) is 0 Å². The maximum absolute atomic E-state index is 12.5. The molecule has 0 spiro atoms. The Morgan fingerprint density at radius 2 is 1.87 bits per heavy atom. The third-order valence-corrected chi connectivity index (χ3v) is 6.15. The molecule has 0 bridgehead atoms. The number of rotatable bonds is 10. The topological polar surface area (TPSA) is 123 Å². The summed E-state index contributed by atoms with van der Waals surface area (Å²) < 4.78 is 6.25. The first-order valence-electron chi connectivity index (χ1n) is 12.7. The Morgan fingerprint density at radius 3 is 2.61 bits per heavy atom. The van der Waals surface area contributed by atoms with Crippen LogP contribution < -0.4 is 16.2 Å². The maximum Gasteiger partial charge on any atom is 0.411 e. The van der Waals surface area contributed by atoms with Gasteiger partial charge in [-0.2, -0.15) is 5.10 Å². The Kier molecular flexibility index (Phi) is 8.86. The molecule has 3 amide bonds. The molecule has 2 heterocycles. The van der Waals surface area contributed by atoms with Crippen LogP contribution in [0.3, 0.4) is 0 Å². The van der Waals surface area contributed by atoms with Crippen LogP contribution in [-0.4, -0.2) is 58.8 Å². The lowest BCUT2D eigenvalue weighted by molar-refractivity contribution is -0.127. The molecule has 1 aliphatic rings. The number of hydrogen-bond acceptors (Lipinski definition) is 6. The number of benzene rings is 2. The van der Waals surface area contributed by atoms with E-state index in [1.807, 2.05) is 11.0 Å². The molecule has 4 rings (SSSR count). The third-order valence-electron chi connectivity index (χ3n) is 6.15. The molecule has 2 N–H and O–H groups in total. The van der Waals surface area contributed by atoms with Gasteiger partial charge in [0, 0.05) is 48.9 Å². The Balaban J connectivity index is 1.36. The second kappa shape index (κ2) is 12.7. The predicted octanol–water partition coefficient (Wildman–Crippen LogP) is 3.27. The first-order valence-corrected chi connectivity index (χ1v) is 12.7. The van der Waals surface area contributed by atoms with Gasteiger partial charge in [-0.05, 0) is 55.7 Å². The Labute approximate surface area is 220 Å². The zero-order valence-electron chi connectivity index (χ0n) is 21.3. The highest BCUT2D eigenvalue weighted by molar-refractivity contribution is 5.94. The van der Waals surface area contributed by atoms with Crippen LogP contribution in [0.25, 0.3) is 11.3 Å². The van der Waals surface area contributed by atoms with E-state index in [4.69, 9.17) is 4.74 Å². The fourth-order valence-corrected chi connectivity index (χ4v) is 4.23. The van der Waals surface area contributed by atoms with Crippen LogP contribution in [0.1, 0.15) is 42.1 Å². The van der Waals surface area contributed by atoms with Crippen LogP contribution in [0.4, 0.5) is 10.5 Å². The molecule has 0 atom stereocenters. The van der Waals surface area contributed by atoms with E-state index in [0.29, 0.717) is 42.9 Å². The van der Waals surface area contributed by atoms with E-state index in [1.165, 1.54) is 10.7 Å². The number of ether oxygens (including phenoxy) is 1. The average Bonchev–Trinajstić information content (AvgIpc) is 3.32. The highest BCUT2D eigenvalue weighted by atomic mass is 16.5. The minimum absolute atomic E-state index is 0.182. The molecule has 38 heavy (non-hydrogen) atoms. The van der Waals surface area contributed by atoms with Crippen molar-refractivity contribution in [2.75, 3.05) is 31.6 Å². The smallest absolute Gasteiger partial charge is 0.411 e. The van der Waals surface area contributed by atoms with Crippen LogP contribution in [0.2, 0.25) is 0 Å². The zero-order chi connectivity index (χ0) is 26.9. The van der Waals surface area contributed by atoms with Crippen LogP contribution >= 0.6 is 0 Å². The summed E-state index contributed by atoms with van der Waals surface area (Å²) in [5, 5.41) is 10.0. The van der Waals surface area contributed by atoms with Gasteiger partial charge in [0.2, 0.25) is 5.91 Å². The van der Waals surface area contributed by atoms with Gasteiger partial charge in [-0.25, -0.2) is 9.48 Å². The number of anilines is 1. The van der Waals surface area contributed by atoms with Crippen LogP contribution in [0.15, 0.2) is 65.5 Å². The summed E-state index contributed by atoms with van der Waals surface area (Å²) >= 11 is 0. The first kappa shape index (κ1) is 26.6. The number of likely N-dealkylation sites (tertiary alicyclic amines) is 1. The van der Waals surface area contributed by atoms with E-state index in [2.05, 4.69) is 15.7 Å². The van der Waals surface area contributed by atoms with Crippen molar-refractivity contribution in [2.45, 2.75) is 32.7 Å². The fraction of sp³-hybridized carbons (Fsp3) is 0.321. The summed E-state index contributed by atoms with van der Waals surface area (Å²) in [7, 11) is 0. The number of hydrogen-bond donors (Lipinski definition) is 2. The molecule has 1 aliphatic heterocycles. The van der Waals surface area contributed by atoms with Gasteiger partial charge in [0.05, 0.1) is 18.8 Å². The second-order valence-corrected chi connectivity index (χ2v) is 8.93. The van der Waals surface area contributed by atoms with Crippen molar-refractivity contribution in [1.82, 2.24) is 20.0 Å². The Hall–Kier alpha value is -4.47. The van der Waals surface area contributed by atoms with Gasteiger partial charge in [0.1, 0.15) is 0 Å². The van der Waals surface area contributed by atoms with Gasteiger partial charge in [0.15, 0.2) is 0 Å². The number of carbonyl (C=O) groups excluding carboxylic acids is 3. The lowest BCUT2D eigenvalue weighted by atomic mass is 10.1. The van der Waals surface area contributed by atoms with Crippen LogP contribution in [0.5, 0.6) is 0 Å². The van der Waals surface area contributed by atoms with Crippen molar-refractivity contribution in [2.24, 2.45) is 0 Å². The third kappa shape index (κ3) is 7.06. The number of nitrogens with one attached hydrogen (secondary N) is 2. The summed E-state index contributed by atoms with van der Waals surface area (Å²) in [5.74, 6) is 0.00456. The molecule has 1 aromatic heterocycles. The molecule has 0 unspecified atom stereocenters. The summed E-state index contributed by atoms with van der Waals surface area (Å²) in [6.45, 7) is 4.17. The van der Waals surface area contributed by atoms with E-state index < -0.39 is 6.09 Å². The lowest BCUT2D eigenvalue weighted by Gasteiger charge is -2.15. The van der Waals surface area contributed by atoms with Crippen molar-refractivity contribution in [3.05, 3.63) is 82.1 Å². The van der Waals surface area contributed by atoms with Gasteiger partial charge in [-0.15, -0.1) is 0 Å². The quantitative estimate of drug-likeness (QED) is 0.398. The number of aromatic nitrogens is 2. The first-order chi connectivity index (χ1) is 18.4. The molecule has 3 aromatic rings. The van der Waals surface area contributed by atoms with Gasteiger partial charge < -0.3 is 15.0 Å². The highest BCUT2D eigenvalue weighted by Crippen LogP contribution is 2.17. The molecule has 1 saturated heterocycles. The van der Waals surface area contributed by atoms with E-state index in [0.717, 1.165) is 24.1 Å². The average molecular weight is 518 g/mol. The number of carbonyl (C=O) groups is 3. The molecule has 10 nitrogen and oxygen atoms in total. The summed E-state index contributed by atoms with van der Waals surface area (Å²) in [4.78, 5) is 50.2. The predicted molar refractivity (Wildman–Crippen MR) is 143 cm³/mol. The van der Waals surface area contributed by atoms with Gasteiger partial charge >= 0.3 is 6.09 Å². The SMILES string of the molecule is CCOC(=O)Nc1cccc(Cn2nc(-c3ccc(C(=O)NCCCN4CCCC4=O)cc3)ccc2=O)c1.